The molecule has 0 spiro atoms. The van der Waals surface area contributed by atoms with Gasteiger partial charge in [-0.25, -0.2) is 10.8 Å². The molecule has 0 aliphatic carbocycles. The number of nitrogens with one attached hydrogen (secondary N) is 1. The van der Waals surface area contributed by atoms with Gasteiger partial charge in [0.2, 0.25) is 5.82 Å². The van der Waals surface area contributed by atoms with Crippen molar-refractivity contribution >= 4 is 5.82 Å². The predicted octanol–water partition coefficient (Wildman–Crippen LogP) is 1.07. The van der Waals surface area contributed by atoms with Gasteiger partial charge in [0, 0.05) is 11.8 Å². The highest BCUT2D eigenvalue weighted by Gasteiger charge is 2.05. The van der Waals surface area contributed by atoms with E-state index in [0.29, 0.717) is 18.2 Å². The molecule has 7 nitrogen and oxygen atoms in total. The zero-order valence-corrected chi connectivity index (χ0v) is 10.6. The fourth-order valence-electron chi connectivity index (χ4n) is 1.78. The molecule has 1 aromatic carbocycles. The van der Waals surface area contributed by atoms with Crippen LogP contribution in [-0.2, 0) is 6.54 Å². The third-order valence-electron chi connectivity index (χ3n) is 2.78. The van der Waals surface area contributed by atoms with Crippen LogP contribution in [0, 0.1) is 0 Å². The lowest BCUT2D eigenvalue weighted by atomic mass is 10.2. The average molecular weight is 267 g/mol. The van der Waals surface area contributed by atoms with Crippen LogP contribution in [0.5, 0.6) is 0 Å². The summed E-state index contributed by atoms with van der Waals surface area (Å²) in [6, 6.07) is 13.4. The molecule has 3 rings (SSSR count). The zero-order chi connectivity index (χ0) is 13.8. The first kappa shape index (κ1) is 12.2. The lowest BCUT2D eigenvalue weighted by Gasteiger charge is -2.01. The number of rotatable bonds is 4. The van der Waals surface area contributed by atoms with E-state index < -0.39 is 0 Å². The summed E-state index contributed by atoms with van der Waals surface area (Å²) in [5, 5.41) is 12.4. The summed E-state index contributed by atoms with van der Waals surface area (Å²) >= 11 is 0. The highest BCUT2D eigenvalue weighted by atomic mass is 15.6. The molecule has 0 unspecified atom stereocenters. The summed E-state index contributed by atoms with van der Waals surface area (Å²) in [7, 11) is 0. The number of nitrogens with zero attached hydrogens (tertiary/aromatic N) is 5. The highest BCUT2D eigenvalue weighted by molar-refractivity contribution is 5.52. The number of hydrazine groups is 1. The Labute approximate surface area is 115 Å². The SMILES string of the molecule is NNc1ccc(Cn2nnc(-c3ccccc3)n2)cn1. The van der Waals surface area contributed by atoms with Crippen LogP contribution in [0.2, 0.25) is 0 Å². The lowest BCUT2D eigenvalue weighted by molar-refractivity contribution is 0.572. The van der Waals surface area contributed by atoms with Crippen LogP contribution >= 0.6 is 0 Å². The molecule has 0 aliphatic rings. The van der Waals surface area contributed by atoms with Crippen LogP contribution in [0.3, 0.4) is 0 Å². The molecule has 2 heterocycles. The monoisotopic (exact) mass is 267 g/mol. The number of benzene rings is 1. The lowest BCUT2D eigenvalue weighted by Crippen LogP contribution is -2.09. The van der Waals surface area contributed by atoms with Gasteiger partial charge in [-0.2, -0.15) is 4.80 Å². The number of tetrazole rings is 1. The van der Waals surface area contributed by atoms with Crippen LogP contribution in [0.1, 0.15) is 5.56 Å². The number of aromatic nitrogens is 5. The van der Waals surface area contributed by atoms with Crippen molar-refractivity contribution in [2.24, 2.45) is 5.84 Å². The standard InChI is InChI=1S/C13H13N7/c14-16-12-7-6-10(8-15-12)9-20-18-13(17-19-20)11-4-2-1-3-5-11/h1-8H,9,14H2,(H,15,16). The zero-order valence-electron chi connectivity index (χ0n) is 10.6. The maximum absolute atomic E-state index is 5.27. The van der Waals surface area contributed by atoms with Crippen molar-refractivity contribution in [2.45, 2.75) is 6.54 Å². The minimum absolute atomic E-state index is 0.512. The van der Waals surface area contributed by atoms with Crippen molar-refractivity contribution in [2.75, 3.05) is 5.43 Å². The van der Waals surface area contributed by atoms with Crippen LogP contribution in [0.4, 0.5) is 5.82 Å². The molecule has 0 atom stereocenters. The highest BCUT2D eigenvalue weighted by Crippen LogP contribution is 2.12. The summed E-state index contributed by atoms with van der Waals surface area (Å²) in [5.41, 5.74) is 4.40. The Morgan fingerprint density at radius 1 is 1.10 bits per heavy atom. The topological polar surface area (TPSA) is 94.5 Å². The van der Waals surface area contributed by atoms with Crippen LogP contribution in [0.15, 0.2) is 48.7 Å². The van der Waals surface area contributed by atoms with Gasteiger partial charge in [-0.05, 0) is 16.8 Å². The van der Waals surface area contributed by atoms with Crippen molar-refractivity contribution in [3.05, 3.63) is 54.2 Å². The number of hydrogen-bond donors (Lipinski definition) is 2. The number of pyridine rings is 1. The first-order valence-corrected chi connectivity index (χ1v) is 6.10. The van der Waals surface area contributed by atoms with Gasteiger partial charge in [-0.3, -0.25) is 0 Å². The van der Waals surface area contributed by atoms with Gasteiger partial charge in [0.15, 0.2) is 0 Å². The van der Waals surface area contributed by atoms with E-state index in [1.54, 1.807) is 12.3 Å². The van der Waals surface area contributed by atoms with E-state index in [2.05, 4.69) is 25.8 Å². The molecule has 0 saturated carbocycles. The third-order valence-corrected chi connectivity index (χ3v) is 2.78. The van der Waals surface area contributed by atoms with Crippen molar-refractivity contribution in [3.8, 4) is 11.4 Å². The molecule has 7 heteroatoms. The van der Waals surface area contributed by atoms with Gasteiger partial charge in [0.1, 0.15) is 5.82 Å². The smallest absolute Gasteiger partial charge is 0.204 e. The van der Waals surface area contributed by atoms with E-state index in [0.717, 1.165) is 11.1 Å². The van der Waals surface area contributed by atoms with Crippen LogP contribution in [-0.4, -0.2) is 25.2 Å². The average Bonchev–Trinajstić information content (AvgIpc) is 2.97. The Morgan fingerprint density at radius 2 is 1.95 bits per heavy atom. The normalized spacial score (nSPS) is 10.4. The van der Waals surface area contributed by atoms with Crippen molar-refractivity contribution in [3.63, 3.8) is 0 Å². The van der Waals surface area contributed by atoms with Gasteiger partial charge in [0.25, 0.3) is 0 Å². The Bertz CT molecular complexity index is 675. The largest absolute Gasteiger partial charge is 0.308 e. The van der Waals surface area contributed by atoms with E-state index in [1.165, 1.54) is 4.80 Å². The van der Waals surface area contributed by atoms with E-state index in [-0.39, 0.29) is 0 Å². The second kappa shape index (κ2) is 5.45. The summed E-state index contributed by atoms with van der Waals surface area (Å²) in [5.74, 6) is 6.49. The van der Waals surface area contributed by atoms with E-state index in [9.17, 15) is 0 Å². The molecule has 0 aliphatic heterocycles. The Hall–Kier alpha value is -2.80. The fraction of sp³-hybridized carbons (Fsp3) is 0.0769. The first-order valence-electron chi connectivity index (χ1n) is 6.10. The number of nitrogen functional groups attached to an aromatic ring is 1. The molecule has 0 amide bonds. The minimum Gasteiger partial charge on any atom is -0.308 e. The molecular weight excluding hydrogens is 254 g/mol. The molecule has 3 N–H and O–H groups in total. The minimum atomic E-state index is 0.512. The van der Waals surface area contributed by atoms with E-state index >= 15 is 0 Å². The molecule has 0 fully saturated rings. The van der Waals surface area contributed by atoms with Crippen LogP contribution < -0.4 is 11.3 Å². The van der Waals surface area contributed by atoms with Gasteiger partial charge >= 0.3 is 0 Å². The summed E-state index contributed by atoms with van der Waals surface area (Å²) in [4.78, 5) is 5.67. The molecular formula is C13H13N7. The summed E-state index contributed by atoms with van der Waals surface area (Å²) in [6.45, 7) is 0.512. The maximum atomic E-state index is 5.27. The summed E-state index contributed by atoms with van der Waals surface area (Å²) < 4.78 is 0. The molecule has 0 radical (unpaired) electrons. The van der Waals surface area contributed by atoms with E-state index in [4.69, 9.17) is 5.84 Å². The number of hydrogen-bond acceptors (Lipinski definition) is 6. The van der Waals surface area contributed by atoms with Crippen molar-refractivity contribution in [1.29, 1.82) is 0 Å². The quantitative estimate of drug-likeness (QED) is 0.542. The number of anilines is 1. The van der Waals surface area contributed by atoms with Crippen LogP contribution in [0.25, 0.3) is 11.4 Å². The van der Waals surface area contributed by atoms with Gasteiger partial charge in [-0.15, -0.1) is 10.2 Å². The predicted molar refractivity (Wildman–Crippen MR) is 74.4 cm³/mol. The Balaban J connectivity index is 1.77. The molecule has 20 heavy (non-hydrogen) atoms. The van der Waals surface area contributed by atoms with Crippen molar-refractivity contribution in [1.82, 2.24) is 25.2 Å². The maximum Gasteiger partial charge on any atom is 0.204 e. The first-order chi connectivity index (χ1) is 9.85. The molecule has 2 aromatic heterocycles. The fourth-order valence-corrected chi connectivity index (χ4v) is 1.78. The van der Waals surface area contributed by atoms with Gasteiger partial charge in [0.05, 0.1) is 6.54 Å². The van der Waals surface area contributed by atoms with Gasteiger partial charge < -0.3 is 5.43 Å². The Kier molecular flexibility index (Phi) is 3.34. The van der Waals surface area contributed by atoms with E-state index in [1.807, 2.05) is 36.4 Å². The van der Waals surface area contributed by atoms with Gasteiger partial charge in [-0.1, -0.05) is 36.4 Å². The second-order valence-corrected chi connectivity index (χ2v) is 4.21. The molecule has 0 saturated heterocycles. The summed E-state index contributed by atoms with van der Waals surface area (Å²) in [6.07, 6.45) is 1.72. The Morgan fingerprint density at radius 3 is 2.65 bits per heavy atom. The third kappa shape index (κ3) is 2.62. The molecule has 0 bridgehead atoms. The molecule has 100 valence electrons. The second-order valence-electron chi connectivity index (χ2n) is 4.21. The van der Waals surface area contributed by atoms with Crippen molar-refractivity contribution < 1.29 is 0 Å². The number of nitrogens with two attached hydrogens (primary N) is 1. The molecule has 3 aromatic rings.